The number of rotatable bonds is 4. The van der Waals surface area contributed by atoms with E-state index < -0.39 is 0 Å². The average molecular weight is 388 g/mol. The number of nitrogens with one attached hydrogen (secondary N) is 2. The van der Waals surface area contributed by atoms with Gasteiger partial charge in [0.1, 0.15) is 13.2 Å². The van der Waals surface area contributed by atoms with Gasteiger partial charge in [-0.05, 0) is 42.0 Å². The Kier molecular flexibility index (Phi) is 5.66. The number of ether oxygens (including phenoxy) is 2. The van der Waals surface area contributed by atoms with Crippen LogP contribution in [0.5, 0.6) is 11.5 Å². The molecule has 4 rings (SSSR count). The van der Waals surface area contributed by atoms with Gasteiger partial charge in [-0.2, -0.15) is 0 Å². The van der Waals surface area contributed by atoms with Crippen molar-refractivity contribution in [2.75, 3.05) is 18.5 Å². The fourth-order valence-electron chi connectivity index (χ4n) is 2.80. The van der Waals surface area contributed by atoms with Crippen LogP contribution in [0, 0.1) is 0 Å². The summed E-state index contributed by atoms with van der Waals surface area (Å²) >= 11 is 0. The number of hydrogen-bond donors (Lipinski definition) is 2. The van der Waals surface area contributed by atoms with Crippen molar-refractivity contribution in [1.82, 2.24) is 10.3 Å². The summed E-state index contributed by atoms with van der Waals surface area (Å²) in [6, 6.07) is 18.3. The Morgan fingerprint density at radius 2 is 1.72 bits per heavy atom. The van der Waals surface area contributed by atoms with Crippen molar-refractivity contribution in [2.45, 2.75) is 6.54 Å². The molecule has 3 aromatic rings. The largest absolute Gasteiger partial charge is 0.486 e. The molecule has 1 aromatic heterocycles. The third-order valence-electron chi connectivity index (χ3n) is 4.24. The molecule has 1 aliphatic heterocycles. The highest BCUT2D eigenvalue weighted by Crippen LogP contribution is 2.32. The van der Waals surface area contributed by atoms with Gasteiger partial charge in [-0.3, -0.25) is 15.1 Å². The van der Waals surface area contributed by atoms with Crippen LogP contribution in [-0.2, 0) is 6.54 Å². The lowest BCUT2D eigenvalue weighted by atomic mass is 10.2. The van der Waals surface area contributed by atoms with E-state index in [0.717, 1.165) is 11.3 Å². The molecule has 0 saturated heterocycles. The molecule has 2 heterocycles. The van der Waals surface area contributed by atoms with Gasteiger partial charge in [-0.15, -0.1) is 0 Å². The van der Waals surface area contributed by atoms with Gasteiger partial charge >= 0.3 is 0 Å². The van der Waals surface area contributed by atoms with E-state index in [9.17, 15) is 4.79 Å². The molecule has 0 unspecified atom stereocenters. The lowest BCUT2D eigenvalue weighted by Crippen LogP contribution is -2.36. The normalized spacial score (nSPS) is 12.9. The molecule has 1 aliphatic rings. The first-order chi connectivity index (χ1) is 14.3. The summed E-state index contributed by atoms with van der Waals surface area (Å²) in [5.74, 6) is 1.45. The van der Waals surface area contributed by atoms with Crippen LogP contribution in [0.25, 0.3) is 0 Å². The standard InChI is InChI=1S/C22H20N4O3/c27-21(17-4-2-1-3-5-17)26-22(24-15-16-8-10-23-11-9-16)25-18-6-7-19-20(14-18)29-13-12-28-19/h1-11,14H,12-13,15H2,(H2,24,25,26,27). The van der Waals surface area contributed by atoms with Crippen LogP contribution in [0.4, 0.5) is 5.69 Å². The first kappa shape index (κ1) is 18.5. The summed E-state index contributed by atoms with van der Waals surface area (Å²) in [5.41, 5.74) is 2.26. The number of hydrogen-bond acceptors (Lipinski definition) is 5. The lowest BCUT2D eigenvalue weighted by Gasteiger charge is -2.19. The van der Waals surface area contributed by atoms with Gasteiger partial charge < -0.3 is 14.8 Å². The second-order valence-corrected chi connectivity index (χ2v) is 6.32. The number of pyridine rings is 1. The van der Waals surface area contributed by atoms with Crippen LogP contribution in [-0.4, -0.2) is 30.1 Å². The summed E-state index contributed by atoms with van der Waals surface area (Å²) in [6.07, 6.45) is 3.42. The van der Waals surface area contributed by atoms with Crippen molar-refractivity contribution in [2.24, 2.45) is 4.99 Å². The van der Waals surface area contributed by atoms with E-state index in [0.29, 0.717) is 42.8 Å². The highest BCUT2D eigenvalue weighted by atomic mass is 16.6. The van der Waals surface area contributed by atoms with Crippen molar-refractivity contribution in [3.63, 3.8) is 0 Å². The Morgan fingerprint density at radius 3 is 2.52 bits per heavy atom. The van der Waals surface area contributed by atoms with E-state index in [1.54, 1.807) is 24.5 Å². The number of benzene rings is 2. The molecule has 29 heavy (non-hydrogen) atoms. The van der Waals surface area contributed by atoms with E-state index in [1.165, 1.54) is 0 Å². The van der Waals surface area contributed by atoms with Crippen molar-refractivity contribution >= 4 is 17.6 Å². The topological polar surface area (TPSA) is 84.8 Å². The molecule has 0 bridgehead atoms. The van der Waals surface area contributed by atoms with Gasteiger partial charge in [-0.25, -0.2) is 4.99 Å². The number of carbonyl (C=O) groups excluding carboxylic acids is 1. The fourth-order valence-corrected chi connectivity index (χ4v) is 2.80. The zero-order valence-electron chi connectivity index (χ0n) is 15.7. The molecule has 2 N–H and O–H groups in total. The summed E-state index contributed by atoms with van der Waals surface area (Å²) in [5, 5.41) is 6.01. The van der Waals surface area contributed by atoms with Crippen molar-refractivity contribution < 1.29 is 14.3 Å². The first-order valence-corrected chi connectivity index (χ1v) is 9.24. The van der Waals surface area contributed by atoms with E-state index >= 15 is 0 Å². The molecule has 0 aliphatic carbocycles. The minimum absolute atomic E-state index is 0.246. The zero-order valence-corrected chi connectivity index (χ0v) is 15.7. The van der Waals surface area contributed by atoms with Crippen molar-refractivity contribution in [1.29, 1.82) is 0 Å². The van der Waals surface area contributed by atoms with Crippen LogP contribution in [0.1, 0.15) is 15.9 Å². The highest BCUT2D eigenvalue weighted by molar-refractivity contribution is 6.10. The van der Waals surface area contributed by atoms with Gasteiger partial charge in [-0.1, -0.05) is 18.2 Å². The predicted molar refractivity (Wildman–Crippen MR) is 110 cm³/mol. The molecule has 0 saturated carbocycles. The first-order valence-electron chi connectivity index (χ1n) is 9.24. The number of guanidine groups is 1. The SMILES string of the molecule is O=C(NC(=NCc1ccncc1)Nc1ccc2c(c1)OCCO2)c1ccccc1. The molecule has 0 fully saturated rings. The molecular weight excluding hydrogens is 368 g/mol. The molecule has 0 radical (unpaired) electrons. The maximum atomic E-state index is 12.6. The molecule has 7 nitrogen and oxygen atoms in total. The van der Waals surface area contributed by atoms with E-state index in [2.05, 4.69) is 20.6 Å². The Bertz CT molecular complexity index is 1010. The second kappa shape index (κ2) is 8.88. The molecule has 146 valence electrons. The third kappa shape index (κ3) is 4.90. The van der Waals surface area contributed by atoms with Gasteiger partial charge in [0.25, 0.3) is 5.91 Å². The van der Waals surface area contributed by atoms with Crippen LogP contribution in [0.2, 0.25) is 0 Å². The van der Waals surface area contributed by atoms with Crippen molar-refractivity contribution in [3.05, 3.63) is 84.2 Å². The van der Waals surface area contributed by atoms with Gasteiger partial charge in [0, 0.05) is 29.7 Å². The number of amides is 1. The fraction of sp³-hybridized carbons (Fsp3) is 0.136. The summed E-state index contributed by atoms with van der Waals surface area (Å²) < 4.78 is 11.2. The van der Waals surface area contributed by atoms with Gasteiger partial charge in [0.2, 0.25) is 5.96 Å². The van der Waals surface area contributed by atoms with Crippen molar-refractivity contribution in [3.8, 4) is 11.5 Å². The Morgan fingerprint density at radius 1 is 0.966 bits per heavy atom. The van der Waals surface area contributed by atoms with Crippen LogP contribution < -0.4 is 20.1 Å². The number of aliphatic imine (C=N–C) groups is 1. The molecule has 0 atom stereocenters. The van der Waals surface area contributed by atoms with Gasteiger partial charge in [0.05, 0.1) is 6.54 Å². The minimum Gasteiger partial charge on any atom is -0.486 e. The third-order valence-corrected chi connectivity index (χ3v) is 4.24. The predicted octanol–water partition coefficient (Wildman–Crippen LogP) is 3.25. The number of aromatic nitrogens is 1. The molecule has 7 heteroatoms. The highest BCUT2D eigenvalue weighted by Gasteiger charge is 2.14. The smallest absolute Gasteiger partial charge is 0.257 e. The lowest BCUT2D eigenvalue weighted by molar-refractivity contribution is 0.0977. The Hall–Kier alpha value is -3.87. The van der Waals surface area contributed by atoms with E-state index in [-0.39, 0.29) is 5.91 Å². The zero-order chi connectivity index (χ0) is 19.9. The van der Waals surface area contributed by atoms with E-state index in [4.69, 9.17) is 9.47 Å². The number of anilines is 1. The van der Waals surface area contributed by atoms with E-state index in [1.807, 2.05) is 48.5 Å². The second-order valence-electron chi connectivity index (χ2n) is 6.32. The Labute approximate surface area is 168 Å². The number of carbonyl (C=O) groups is 1. The maximum absolute atomic E-state index is 12.6. The summed E-state index contributed by atoms with van der Waals surface area (Å²) in [4.78, 5) is 21.2. The summed E-state index contributed by atoms with van der Waals surface area (Å²) in [6.45, 7) is 1.43. The molecule has 1 amide bonds. The molecule has 2 aromatic carbocycles. The number of fused-ring (bicyclic) bond motifs is 1. The van der Waals surface area contributed by atoms with Crippen LogP contribution >= 0.6 is 0 Å². The monoisotopic (exact) mass is 388 g/mol. The molecular formula is C22H20N4O3. The minimum atomic E-state index is -0.246. The average Bonchev–Trinajstić information content (AvgIpc) is 2.78. The number of nitrogens with zero attached hydrogens (tertiary/aromatic N) is 2. The van der Waals surface area contributed by atoms with Gasteiger partial charge in [0.15, 0.2) is 11.5 Å². The van der Waals surface area contributed by atoms with Crippen LogP contribution in [0.3, 0.4) is 0 Å². The Balaban J connectivity index is 1.55. The van der Waals surface area contributed by atoms with Crippen LogP contribution in [0.15, 0.2) is 78.0 Å². The quantitative estimate of drug-likeness (QED) is 0.529. The maximum Gasteiger partial charge on any atom is 0.257 e. The summed E-state index contributed by atoms with van der Waals surface area (Å²) in [7, 11) is 0. The molecule has 0 spiro atoms.